The molecule has 2 rings (SSSR count). The summed E-state index contributed by atoms with van der Waals surface area (Å²) in [6.07, 6.45) is 4.71. The summed E-state index contributed by atoms with van der Waals surface area (Å²) in [5.41, 5.74) is 0.626. The fourth-order valence-electron chi connectivity index (χ4n) is 2.25. The number of urea groups is 1. The summed E-state index contributed by atoms with van der Waals surface area (Å²) in [5.74, 6) is -1.30. The van der Waals surface area contributed by atoms with Crippen molar-refractivity contribution in [3.63, 3.8) is 0 Å². The first kappa shape index (κ1) is 14.4. The number of nitrogens with zero attached hydrogens (tertiary/aromatic N) is 3. The monoisotopic (exact) mass is 280 g/mol. The maximum absolute atomic E-state index is 12.1. The SMILES string of the molecule is CC(C)n1cc(NC(=O)N2CCCC(C(=O)O)C2)cn1. The molecule has 1 fully saturated rings. The van der Waals surface area contributed by atoms with Crippen molar-refractivity contribution in [1.29, 1.82) is 0 Å². The highest BCUT2D eigenvalue weighted by atomic mass is 16.4. The van der Waals surface area contributed by atoms with Crippen LogP contribution in [0.3, 0.4) is 0 Å². The van der Waals surface area contributed by atoms with E-state index in [1.807, 2.05) is 13.8 Å². The van der Waals surface area contributed by atoms with E-state index in [2.05, 4.69) is 10.4 Å². The van der Waals surface area contributed by atoms with Gasteiger partial charge < -0.3 is 15.3 Å². The van der Waals surface area contributed by atoms with Crippen LogP contribution in [0.25, 0.3) is 0 Å². The van der Waals surface area contributed by atoms with Gasteiger partial charge in [-0.25, -0.2) is 4.79 Å². The lowest BCUT2D eigenvalue weighted by Gasteiger charge is -2.30. The molecule has 0 aliphatic carbocycles. The normalized spacial score (nSPS) is 19.1. The van der Waals surface area contributed by atoms with E-state index in [1.54, 1.807) is 22.0 Å². The third-order valence-corrected chi connectivity index (χ3v) is 3.44. The van der Waals surface area contributed by atoms with Crippen LogP contribution in [0.4, 0.5) is 10.5 Å². The minimum absolute atomic E-state index is 0.229. The average molecular weight is 280 g/mol. The Labute approximate surface area is 117 Å². The molecule has 2 N–H and O–H groups in total. The molecule has 110 valence electrons. The molecule has 1 atom stereocenters. The quantitative estimate of drug-likeness (QED) is 0.883. The second kappa shape index (κ2) is 5.94. The maximum atomic E-state index is 12.1. The topological polar surface area (TPSA) is 87.5 Å². The molecule has 1 aromatic rings. The van der Waals surface area contributed by atoms with E-state index in [1.165, 1.54) is 0 Å². The molecule has 0 spiro atoms. The Bertz CT molecular complexity index is 498. The molecule has 0 saturated carbocycles. The van der Waals surface area contributed by atoms with Gasteiger partial charge in [0.05, 0.1) is 17.8 Å². The first-order chi connectivity index (χ1) is 9.47. The first-order valence-corrected chi connectivity index (χ1v) is 6.80. The molecule has 0 bridgehead atoms. The number of hydrogen-bond acceptors (Lipinski definition) is 3. The van der Waals surface area contributed by atoms with Gasteiger partial charge in [0, 0.05) is 25.3 Å². The fraction of sp³-hybridized carbons (Fsp3) is 0.615. The summed E-state index contributed by atoms with van der Waals surface area (Å²) in [7, 11) is 0. The van der Waals surface area contributed by atoms with Crippen molar-refractivity contribution >= 4 is 17.7 Å². The third kappa shape index (κ3) is 3.28. The summed E-state index contributed by atoms with van der Waals surface area (Å²) in [6.45, 7) is 4.86. The fourth-order valence-corrected chi connectivity index (χ4v) is 2.25. The zero-order chi connectivity index (χ0) is 14.7. The van der Waals surface area contributed by atoms with Crippen molar-refractivity contribution in [2.45, 2.75) is 32.7 Å². The summed E-state index contributed by atoms with van der Waals surface area (Å²) in [6, 6.07) is -0.0358. The lowest BCUT2D eigenvalue weighted by molar-refractivity contribution is -0.143. The van der Waals surface area contributed by atoms with Crippen molar-refractivity contribution in [2.75, 3.05) is 18.4 Å². The molecular formula is C13H20N4O3. The highest BCUT2D eigenvalue weighted by Gasteiger charge is 2.28. The molecule has 1 aromatic heterocycles. The van der Waals surface area contributed by atoms with Crippen molar-refractivity contribution in [3.05, 3.63) is 12.4 Å². The summed E-state index contributed by atoms with van der Waals surface area (Å²) in [4.78, 5) is 24.6. The zero-order valence-corrected chi connectivity index (χ0v) is 11.7. The molecule has 2 amide bonds. The minimum atomic E-state index is -0.838. The number of anilines is 1. The largest absolute Gasteiger partial charge is 0.481 e. The van der Waals surface area contributed by atoms with Crippen LogP contribution >= 0.6 is 0 Å². The molecule has 0 radical (unpaired) electrons. The molecule has 20 heavy (non-hydrogen) atoms. The number of likely N-dealkylation sites (tertiary alicyclic amines) is 1. The Balaban J connectivity index is 1.95. The Hall–Kier alpha value is -2.05. The van der Waals surface area contributed by atoms with E-state index in [0.717, 1.165) is 6.42 Å². The molecular weight excluding hydrogens is 260 g/mol. The molecule has 0 aromatic carbocycles. The Morgan fingerprint density at radius 2 is 2.25 bits per heavy atom. The van der Waals surface area contributed by atoms with Gasteiger partial charge in [-0.15, -0.1) is 0 Å². The molecule has 1 aliphatic heterocycles. The second-order valence-electron chi connectivity index (χ2n) is 5.36. The zero-order valence-electron chi connectivity index (χ0n) is 11.7. The maximum Gasteiger partial charge on any atom is 0.321 e. The smallest absolute Gasteiger partial charge is 0.321 e. The molecule has 1 aliphatic rings. The van der Waals surface area contributed by atoms with Crippen molar-refractivity contribution in [3.8, 4) is 0 Å². The van der Waals surface area contributed by atoms with Crippen molar-refractivity contribution < 1.29 is 14.7 Å². The van der Waals surface area contributed by atoms with E-state index < -0.39 is 11.9 Å². The highest BCUT2D eigenvalue weighted by molar-refractivity contribution is 5.89. The predicted molar refractivity (Wildman–Crippen MR) is 73.6 cm³/mol. The summed E-state index contributed by atoms with van der Waals surface area (Å²) < 4.78 is 1.76. The van der Waals surface area contributed by atoms with E-state index in [-0.39, 0.29) is 18.6 Å². The van der Waals surface area contributed by atoms with Gasteiger partial charge in [-0.1, -0.05) is 0 Å². The molecule has 7 heteroatoms. The first-order valence-electron chi connectivity index (χ1n) is 6.80. The van der Waals surface area contributed by atoms with Gasteiger partial charge in [0.1, 0.15) is 0 Å². The molecule has 7 nitrogen and oxygen atoms in total. The number of hydrogen-bond donors (Lipinski definition) is 2. The molecule has 1 unspecified atom stereocenters. The number of piperidine rings is 1. The van der Waals surface area contributed by atoms with Crippen LogP contribution in [0, 0.1) is 5.92 Å². The van der Waals surface area contributed by atoms with Crippen LogP contribution in [0.15, 0.2) is 12.4 Å². The number of carboxylic acids is 1. The van der Waals surface area contributed by atoms with Crippen LogP contribution in [0.2, 0.25) is 0 Å². The predicted octanol–water partition coefficient (Wildman–Crippen LogP) is 1.79. The van der Waals surface area contributed by atoms with Gasteiger partial charge in [0.25, 0.3) is 0 Å². The second-order valence-corrected chi connectivity index (χ2v) is 5.36. The lowest BCUT2D eigenvalue weighted by Crippen LogP contribution is -2.44. The number of rotatable bonds is 3. The standard InChI is InChI=1S/C13H20N4O3/c1-9(2)17-8-11(6-14-17)15-13(20)16-5-3-4-10(7-16)12(18)19/h6,8-10H,3-5,7H2,1-2H3,(H,15,20)(H,18,19). The molecule has 1 saturated heterocycles. The minimum Gasteiger partial charge on any atom is -0.481 e. The lowest BCUT2D eigenvalue weighted by atomic mass is 9.99. The van der Waals surface area contributed by atoms with Crippen LogP contribution < -0.4 is 5.32 Å². The highest BCUT2D eigenvalue weighted by Crippen LogP contribution is 2.18. The van der Waals surface area contributed by atoms with Gasteiger partial charge in [-0.3, -0.25) is 9.48 Å². The number of carboxylic acid groups (broad SMARTS) is 1. The number of carbonyl (C=O) groups excluding carboxylic acids is 1. The van der Waals surface area contributed by atoms with E-state index in [9.17, 15) is 9.59 Å². The van der Waals surface area contributed by atoms with Crippen molar-refractivity contribution in [1.82, 2.24) is 14.7 Å². The Morgan fingerprint density at radius 3 is 2.85 bits per heavy atom. The number of carbonyl (C=O) groups is 2. The van der Waals surface area contributed by atoms with Crippen molar-refractivity contribution in [2.24, 2.45) is 5.92 Å². The number of aromatic nitrogens is 2. The third-order valence-electron chi connectivity index (χ3n) is 3.44. The van der Waals surface area contributed by atoms with Gasteiger partial charge in [-0.05, 0) is 26.7 Å². The van der Waals surface area contributed by atoms with Crippen LogP contribution in [0.5, 0.6) is 0 Å². The van der Waals surface area contributed by atoms with Gasteiger partial charge >= 0.3 is 12.0 Å². The summed E-state index contributed by atoms with van der Waals surface area (Å²) in [5, 5.41) is 15.9. The van der Waals surface area contributed by atoms with E-state index >= 15 is 0 Å². The van der Waals surface area contributed by atoms with Gasteiger partial charge in [-0.2, -0.15) is 5.10 Å². The van der Waals surface area contributed by atoms with Crippen LogP contribution in [0.1, 0.15) is 32.7 Å². The average Bonchev–Trinajstić information content (AvgIpc) is 2.87. The Morgan fingerprint density at radius 1 is 1.50 bits per heavy atom. The number of aliphatic carboxylic acids is 1. The van der Waals surface area contributed by atoms with E-state index in [4.69, 9.17) is 5.11 Å². The Kier molecular flexibility index (Phi) is 4.26. The van der Waals surface area contributed by atoms with Gasteiger partial charge in [0.15, 0.2) is 0 Å². The number of nitrogens with one attached hydrogen (secondary N) is 1. The van der Waals surface area contributed by atoms with Crippen LogP contribution in [-0.2, 0) is 4.79 Å². The number of amides is 2. The summed E-state index contributed by atoms with van der Waals surface area (Å²) >= 11 is 0. The van der Waals surface area contributed by atoms with Crippen LogP contribution in [-0.4, -0.2) is 44.9 Å². The van der Waals surface area contributed by atoms with E-state index in [0.29, 0.717) is 18.7 Å². The van der Waals surface area contributed by atoms with Gasteiger partial charge in [0.2, 0.25) is 0 Å². The molecule has 2 heterocycles.